The molecule has 7 nitrogen and oxygen atoms in total. The number of rotatable bonds is 8. The Morgan fingerprint density at radius 3 is 2.71 bits per heavy atom. The van der Waals surface area contributed by atoms with E-state index in [-0.39, 0.29) is 0 Å². The van der Waals surface area contributed by atoms with Gasteiger partial charge in [0.25, 0.3) is 0 Å². The zero-order chi connectivity index (χ0) is 23.3. The van der Waals surface area contributed by atoms with Gasteiger partial charge in [-0.25, -0.2) is 4.98 Å². The maximum atomic E-state index is 5.74. The van der Waals surface area contributed by atoms with Crippen LogP contribution in [0.25, 0.3) is 11.0 Å². The van der Waals surface area contributed by atoms with Gasteiger partial charge in [0.15, 0.2) is 11.5 Å². The zero-order valence-corrected chi connectivity index (χ0v) is 20.7. The summed E-state index contributed by atoms with van der Waals surface area (Å²) in [4.78, 5) is 14.3. The Bertz CT molecular complexity index is 1120. The number of piperidine rings is 1. The second-order valence-electron chi connectivity index (χ2n) is 8.88. The van der Waals surface area contributed by atoms with Crippen molar-refractivity contribution >= 4 is 22.8 Å². The van der Waals surface area contributed by atoms with Crippen LogP contribution in [-0.4, -0.2) is 78.6 Å². The number of fused-ring (bicyclic) bond motifs is 2. The smallest absolute Gasteiger partial charge is 0.161 e. The van der Waals surface area contributed by atoms with Crippen molar-refractivity contribution in [1.82, 2.24) is 19.8 Å². The summed E-state index contributed by atoms with van der Waals surface area (Å²) in [6, 6.07) is 12.7. The average Bonchev–Trinajstić information content (AvgIpc) is 2.88. The highest BCUT2D eigenvalue weighted by Crippen LogP contribution is 2.31. The van der Waals surface area contributed by atoms with Crippen molar-refractivity contribution in [3.63, 3.8) is 0 Å². The summed E-state index contributed by atoms with van der Waals surface area (Å²) >= 11 is 1.77. The lowest BCUT2D eigenvalue weighted by atomic mass is 10.0. The second kappa shape index (κ2) is 10.8. The summed E-state index contributed by atoms with van der Waals surface area (Å²) in [5.74, 6) is 3.56. The molecule has 180 valence electrons. The molecule has 0 aliphatic carbocycles. The Morgan fingerprint density at radius 2 is 1.88 bits per heavy atom. The summed E-state index contributed by atoms with van der Waals surface area (Å²) in [6.07, 6.45) is 4.27. The third-order valence-corrected chi connectivity index (χ3v) is 7.48. The summed E-state index contributed by atoms with van der Waals surface area (Å²) in [5, 5.41) is 0.967. The first-order valence-electron chi connectivity index (χ1n) is 11.9. The molecule has 1 aromatic heterocycles. The average molecular weight is 481 g/mol. The fourth-order valence-corrected chi connectivity index (χ4v) is 5.49. The van der Waals surface area contributed by atoms with Crippen LogP contribution in [0.2, 0.25) is 0 Å². The molecule has 2 aliphatic rings. The third kappa shape index (κ3) is 5.56. The minimum atomic E-state index is 0.610. The Balaban J connectivity index is 1.07. The fourth-order valence-electron chi connectivity index (χ4n) is 4.64. The molecule has 0 atom stereocenters. The van der Waals surface area contributed by atoms with Crippen LogP contribution >= 0.6 is 11.8 Å². The zero-order valence-electron chi connectivity index (χ0n) is 19.9. The van der Waals surface area contributed by atoms with Crippen molar-refractivity contribution < 1.29 is 14.2 Å². The maximum Gasteiger partial charge on any atom is 0.161 e. The highest BCUT2D eigenvalue weighted by Gasteiger charge is 2.23. The molecule has 0 unspecified atom stereocenters. The Kier molecular flexibility index (Phi) is 7.37. The maximum absolute atomic E-state index is 5.74. The summed E-state index contributed by atoms with van der Waals surface area (Å²) in [6.45, 7) is 5.54. The van der Waals surface area contributed by atoms with Crippen molar-refractivity contribution in [3.05, 3.63) is 48.2 Å². The van der Waals surface area contributed by atoms with E-state index in [1.807, 2.05) is 30.5 Å². The van der Waals surface area contributed by atoms with Crippen molar-refractivity contribution in [1.29, 1.82) is 0 Å². The lowest BCUT2D eigenvalue weighted by molar-refractivity contribution is 0.127. The summed E-state index contributed by atoms with van der Waals surface area (Å²) in [7, 11) is 3.91. The molecule has 0 spiro atoms. The predicted octanol–water partition coefficient (Wildman–Crippen LogP) is 4.10. The highest BCUT2D eigenvalue weighted by atomic mass is 32.2. The Hall–Kier alpha value is -2.55. The standard InChI is InChI=1S/C26H32N4O3S/c1-29(18-19-3-6-24-25(15-19)33-13-12-32-24)20-7-9-30(10-8-20)11-14-34-26-17-27-22-5-4-21(31-2)16-23(22)28-26/h3-6,15-17,20H,7-14,18H2,1-2H3. The predicted molar refractivity (Wildman–Crippen MR) is 135 cm³/mol. The second-order valence-corrected chi connectivity index (χ2v) is 9.99. The van der Waals surface area contributed by atoms with Gasteiger partial charge in [0, 0.05) is 31.0 Å². The molecule has 0 bridgehead atoms. The molecule has 5 rings (SSSR count). The summed E-state index contributed by atoms with van der Waals surface area (Å²) in [5.41, 5.74) is 3.05. The van der Waals surface area contributed by atoms with Gasteiger partial charge in [0.1, 0.15) is 24.0 Å². The number of thioether (sulfide) groups is 1. The lowest BCUT2D eigenvalue weighted by Crippen LogP contribution is -2.43. The topological polar surface area (TPSA) is 60.0 Å². The molecular weight excluding hydrogens is 448 g/mol. The first-order chi connectivity index (χ1) is 16.7. The molecule has 2 aliphatic heterocycles. The van der Waals surface area contributed by atoms with E-state index in [9.17, 15) is 0 Å². The van der Waals surface area contributed by atoms with Gasteiger partial charge in [0.05, 0.1) is 24.3 Å². The molecule has 0 radical (unpaired) electrons. The molecule has 1 saturated heterocycles. The fraction of sp³-hybridized carbons (Fsp3) is 0.462. The van der Waals surface area contributed by atoms with Crippen molar-refractivity contribution in [2.45, 2.75) is 30.5 Å². The Labute approximate surface area is 205 Å². The van der Waals surface area contributed by atoms with Crippen LogP contribution in [-0.2, 0) is 6.54 Å². The third-order valence-electron chi connectivity index (χ3n) is 6.60. The van der Waals surface area contributed by atoms with Crippen molar-refractivity contribution in [3.8, 4) is 17.2 Å². The minimum absolute atomic E-state index is 0.610. The molecule has 0 amide bonds. The van der Waals surface area contributed by atoms with E-state index in [1.165, 1.54) is 18.4 Å². The highest BCUT2D eigenvalue weighted by molar-refractivity contribution is 7.99. The first kappa shape index (κ1) is 23.2. The number of aromatic nitrogens is 2. The molecule has 34 heavy (non-hydrogen) atoms. The van der Waals surface area contributed by atoms with Gasteiger partial charge in [-0.2, -0.15) is 0 Å². The van der Waals surface area contributed by atoms with E-state index >= 15 is 0 Å². The normalized spacial score (nSPS) is 16.8. The van der Waals surface area contributed by atoms with Gasteiger partial charge >= 0.3 is 0 Å². The lowest BCUT2D eigenvalue weighted by Gasteiger charge is -2.36. The van der Waals surface area contributed by atoms with Crippen molar-refractivity contribution in [2.75, 3.05) is 52.8 Å². The van der Waals surface area contributed by atoms with E-state index in [2.05, 4.69) is 34.0 Å². The molecule has 1 fully saturated rings. The quantitative estimate of drug-likeness (QED) is 0.447. The van der Waals surface area contributed by atoms with Gasteiger partial charge < -0.3 is 19.1 Å². The van der Waals surface area contributed by atoms with Crippen LogP contribution in [0.15, 0.2) is 47.6 Å². The number of methoxy groups -OCH3 is 1. The van der Waals surface area contributed by atoms with Crippen LogP contribution in [0.3, 0.4) is 0 Å². The Morgan fingerprint density at radius 1 is 1.06 bits per heavy atom. The number of hydrogen-bond acceptors (Lipinski definition) is 8. The van der Waals surface area contributed by atoms with Gasteiger partial charge in [-0.1, -0.05) is 6.07 Å². The monoisotopic (exact) mass is 480 g/mol. The largest absolute Gasteiger partial charge is 0.497 e. The molecule has 0 N–H and O–H groups in total. The number of likely N-dealkylation sites (tertiary alicyclic amines) is 1. The number of benzene rings is 2. The molecule has 8 heteroatoms. The molecule has 2 aromatic carbocycles. The number of hydrogen-bond donors (Lipinski definition) is 0. The number of nitrogens with zero attached hydrogens (tertiary/aromatic N) is 4. The minimum Gasteiger partial charge on any atom is -0.497 e. The van der Waals surface area contributed by atoms with Crippen LogP contribution in [0.1, 0.15) is 18.4 Å². The molecular formula is C26H32N4O3S. The van der Waals surface area contributed by atoms with Gasteiger partial charge in [-0.05, 0) is 62.8 Å². The van der Waals surface area contributed by atoms with Crippen LogP contribution < -0.4 is 14.2 Å². The van der Waals surface area contributed by atoms with E-state index in [0.717, 1.165) is 65.2 Å². The summed E-state index contributed by atoms with van der Waals surface area (Å²) < 4.78 is 16.7. The molecule has 0 saturated carbocycles. The van der Waals surface area contributed by atoms with E-state index in [0.29, 0.717) is 19.3 Å². The first-order valence-corrected chi connectivity index (χ1v) is 12.9. The van der Waals surface area contributed by atoms with Gasteiger partial charge in [-0.15, -0.1) is 11.8 Å². The van der Waals surface area contributed by atoms with E-state index in [1.54, 1.807) is 18.9 Å². The SMILES string of the molecule is COc1ccc2ncc(SCCN3CCC(N(C)Cc4ccc5c(c4)OCCO5)CC3)nc2c1. The number of ether oxygens (including phenoxy) is 3. The van der Waals surface area contributed by atoms with E-state index < -0.39 is 0 Å². The molecule has 3 aromatic rings. The van der Waals surface area contributed by atoms with Crippen molar-refractivity contribution in [2.24, 2.45) is 0 Å². The van der Waals surface area contributed by atoms with Crippen LogP contribution in [0.5, 0.6) is 17.2 Å². The van der Waals surface area contributed by atoms with Crippen LogP contribution in [0, 0.1) is 0 Å². The van der Waals surface area contributed by atoms with E-state index in [4.69, 9.17) is 19.2 Å². The molecule has 3 heterocycles. The van der Waals surface area contributed by atoms with Gasteiger partial charge in [0.2, 0.25) is 0 Å². The van der Waals surface area contributed by atoms with Gasteiger partial charge in [-0.3, -0.25) is 9.88 Å². The van der Waals surface area contributed by atoms with Crippen LogP contribution in [0.4, 0.5) is 0 Å².